The van der Waals surface area contributed by atoms with Gasteiger partial charge in [0.2, 0.25) is 0 Å². The molecule has 0 aliphatic rings. The average molecular weight is 434 g/mol. The largest absolute Gasteiger partial charge is 0.425 e. The summed E-state index contributed by atoms with van der Waals surface area (Å²) in [6.07, 6.45) is -0.897. The number of halogens is 4. The van der Waals surface area contributed by atoms with Crippen molar-refractivity contribution in [2.75, 3.05) is 6.54 Å². The van der Waals surface area contributed by atoms with Crippen LogP contribution in [0.2, 0.25) is 0 Å². The van der Waals surface area contributed by atoms with Crippen LogP contribution in [0.3, 0.4) is 0 Å². The molecule has 0 spiro atoms. The number of benzene rings is 1. The van der Waals surface area contributed by atoms with Crippen LogP contribution in [0.25, 0.3) is 21.8 Å². The lowest BCUT2D eigenvalue weighted by Gasteiger charge is -2.08. The first-order valence-electron chi connectivity index (χ1n) is 8.96. The molecule has 4 aromatic rings. The summed E-state index contributed by atoms with van der Waals surface area (Å²) in [5.41, 5.74) is -0.0337. The van der Waals surface area contributed by atoms with Crippen molar-refractivity contribution in [3.05, 3.63) is 76.2 Å². The molecule has 1 amide bonds. The predicted octanol–water partition coefficient (Wildman–Crippen LogP) is 3.07. The van der Waals surface area contributed by atoms with Gasteiger partial charge < -0.3 is 15.1 Å². The summed E-state index contributed by atoms with van der Waals surface area (Å²) in [6.45, 7) is -1.35. The van der Waals surface area contributed by atoms with Crippen LogP contribution in [-0.4, -0.2) is 38.1 Å². The number of nitrogens with one attached hydrogen (secondary N) is 1. The second-order valence-corrected chi connectivity index (χ2v) is 6.84. The molecular formula is C20H14F4N4O3. The quantitative estimate of drug-likeness (QED) is 0.382. The van der Waals surface area contributed by atoms with Crippen molar-refractivity contribution in [1.82, 2.24) is 19.6 Å². The zero-order chi connectivity index (χ0) is 22.3. The molecule has 0 saturated heterocycles. The highest BCUT2D eigenvalue weighted by Crippen LogP contribution is 2.28. The maximum Gasteiger partial charge on any atom is 0.405 e. The molecule has 0 fully saturated rings. The van der Waals surface area contributed by atoms with Gasteiger partial charge in [0, 0.05) is 29.7 Å². The molecular weight excluding hydrogens is 420 g/mol. The van der Waals surface area contributed by atoms with E-state index in [0.29, 0.717) is 15.8 Å². The van der Waals surface area contributed by atoms with E-state index >= 15 is 0 Å². The molecule has 0 bridgehead atoms. The molecule has 3 aromatic heterocycles. The Hall–Kier alpha value is -3.89. The number of nitrogens with zero attached hydrogens (tertiary/aromatic N) is 3. The van der Waals surface area contributed by atoms with Crippen LogP contribution in [-0.2, 0) is 6.54 Å². The third-order valence-electron chi connectivity index (χ3n) is 4.71. The van der Waals surface area contributed by atoms with Gasteiger partial charge in [-0.15, -0.1) is 0 Å². The van der Waals surface area contributed by atoms with Gasteiger partial charge >= 0.3 is 11.7 Å². The SMILES string of the molecule is O=C(NCC(F)(F)F)c1cn(Cc2ccc(F)cc2)c2cnc3c(=O)n(O)ccc3c12. The van der Waals surface area contributed by atoms with E-state index < -0.39 is 30.0 Å². The fourth-order valence-corrected chi connectivity index (χ4v) is 3.33. The van der Waals surface area contributed by atoms with E-state index in [2.05, 4.69) is 4.98 Å². The van der Waals surface area contributed by atoms with Crippen LogP contribution < -0.4 is 10.9 Å². The number of pyridine rings is 2. The monoisotopic (exact) mass is 434 g/mol. The highest BCUT2D eigenvalue weighted by atomic mass is 19.4. The van der Waals surface area contributed by atoms with Gasteiger partial charge in [0.15, 0.2) is 0 Å². The Kier molecular flexibility index (Phi) is 4.88. The summed E-state index contributed by atoms with van der Waals surface area (Å²) in [5, 5.41) is 11.8. The predicted molar refractivity (Wildman–Crippen MR) is 103 cm³/mol. The number of amides is 1. The standard InChI is InChI=1S/C20H14F4N4O3/c21-12-3-1-11(2-4-12)8-27-9-14(18(29)26-10-20(22,23)24)16-13-5-6-28(31)19(30)17(13)25-7-15(16)27/h1-7,9,31H,8,10H2,(H,26,29). The van der Waals surface area contributed by atoms with Crippen LogP contribution in [0, 0.1) is 5.82 Å². The molecule has 2 N–H and O–H groups in total. The highest BCUT2D eigenvalue weighted by Gasteiger charge is 2.29. The molecule has 160 valence electrons. The Labute approximate surface area is 171 Å². The van der Waals surface area contributed by atoms with Crippen LogP contribution in [0.5, 0.6) is 0 Å². The summed E-state index contributed by atoms with van der Waals surface area (Å²) in [6, 6.07) is 6.92. The lowest BCUT2D eigenvalue weighted by Crippen LogP contribution is -2.33. The Morgan fingerprint density at radius 1 is 1.16 bits per heavy atom. The molecule has 3 heterocycles. The highest BCUT2D eigenvalue weighted by molar-refractivity contribution is 6.16. The number of hydrogen-bond donors (Lipinski definition) is 2. The Morgan fingerprint density at radius 2 is 1.87 bits per heavy atom. The molecule has 0 aliphatic carbocycles. The van der Waals surface area contributed by atoms with Crippen molar-refractivity contribution in [2.45, 2.75) is 12.7 Å². The minimum atomic E-state index is -4.60. The van der Waals surface area contributed by atoms with Crippen molar-refractivity contribution in [3.63, 3.8) is 0 Å². The van der Waals surface area contributed by atoms with E-state index in [1.807, 2.05) is 5.32 Å². The van der Waals surface area contributed by atoms with E-state index in [1.165, 1.54) is 42.7 Å². The first-order valence-corrected chi connectivity index (χ1v) is 8.96. The van der Waals surface area contributed by atoms with Crippen molar-refractivity contribution >= 4 is 27.7 Å². The number of alkyl halides is 3. The fraction of sp³-hybridized carbons (Fsp3) is 0.150. The summed E-state index contributed by atoms with van der Waals surface area (Å²) >= 11 is 0. The van der Waals surface area contributed by atoms with E-state index in [4.69, 9.17) is 0 Å². The van der Waals surface area contributed by atoms with E-state index in [9.17, 15) is 32.4 Å². The van der Waals surface area contributed by atoms with Crippen LogP contribution in [0.15, 0.2) is 53.7 Å². The van der Waals surface area contributed by atoms with Gasteiger partial charge in [-0.3, -0.25) is 9.59 Å². The third-order valence-corrected chi connectivity index (χ3v) is 4.71. The summed E-state index contributed by atoms with van der Waals surface area (Å²) in [7, 11) is 0. The van der Waals surface area contributed by atoms with E-state index in [1.54, 1.807) is 4.57 Å². The number of carbonyl (C=O) groups is 1. The van der Waals surface area contributed by atoms with E-state index in [0.717, 1.165) is 6.20 Å². The molecule has 31 heavy (non-hydrogen) atoms. The molecule has 1 aromatic carbocycles. The van der Waals surface area contributed by atoms with Gasteiger partial charge in [0.05, 0.1) is 17.3 Å². The molecule has 0 aliphatic heterocycles. The zero-order valence-corrected chi connectivity index (χ0v) is 15.7. The maximum atomic E-state index is 13.2. The van der Waals surface area contributed by atoms with Crippen LogP contribution >= 0.6 is 0 Å². The third kappa shape index (κ3) is 3.93. The number of carbonyl (C=O) groups excluding carboxylic acids is 1. The first-order chi connectivity index (χ1) is 14.6. The summed E-state index contributed by atoms with van der Waals surface area (Å²) in [4.78, 5) is 28.8. The van der Waals surface area contributed by atoms with Crippen molar-refractivity contribution in [1.29, 1.82) is 0 Å². The number of hydrogen-bond acceptors (Lipinski definition) is 4. The smallest absolute Gasteiger partial charge is 0.405 e. The zero-order valence-electron chi connectivity index (χ0n) is 15.7. The average Bonchev–Trinajstić information content (AvgIpc) is 3.09. The second-order valence-electron chi connectivity index (χ2n) is 6.84. The normalized spacial score (nSPS) is 11.9. The van der Waals surface area contributed by atoms with Gasteiger partial charge in [0.1, 0.15) is 17.9 Å². The number of rotatable bonds is 4. The van der Waals surface area contributed by atoms with Crippen molar-refractivity contribution < 1.29 is 27.6 Å². The van der Waals surface area contributed by atoms with E-state index in [-0.39, 0.29) is 28.4 Å². The lowest BCUT2D eigenvalue weighted by atomic mass is 10.1. The molecule has 0 radical (unpaired) electrons. The Balaban J connectivity index is 1.90. The molecule has 0 saturated carbocycles. The first kappa shape index (κ1) is 20.4. The van der Waals surface area contributed by atoms with Gasteiger partial charge in [-0.05, 0) is 23.8 Å². The molecule has 0 atom stereocenters. The molecule has 7 nitrogen and oxygen atoms in total. The minimum absolute atomic E-state index is 0.0937. The topological polar surface area (TPSA) is 89.2 Å². The van der Waals surface area contributed by atoms with Crippen LogP contribution in [0.4, 0.5) is 17.6 Å². The lowest BCUT2D eigenvalue weighted by molar-refractivity contribution is -0.123. The molecule has 4 rings (SSSR count). The van der Waals surface area contributed by atoms with Gasteiger partial charge in [-0.2, -0.15) is 17.9 Å². The molecule has 11 heteroatoms. The Bertz CT molecular complexity index is 1360. The number of fused-ring (bicyclic) bond motifs is 3. The van der Waals surface area contributed by atoms with Gasteiger partial charge in [-0.1, -0.05) is 12.1 Å². The van der Waals surface area contributed by atoms with Gasteiger partial charge in [-0.25, -0.2) is 9.37 Å². The Morgan fingerprint density at radius 3 is 2.55 bits per heavy atom. The van der Waals surface area contributed by atoms with Gasteiger partial charge in [0.25, 0.3) is 5.91 Å². The molecule has 0 unspecified atom stereocenters. The fourth-order valence-electron chi connectivity index (χ4n) is 3.33. The van der Waals surface area contributed by atoms with Crippen molar-refractivity contribution in [2.24, 2.45) is 0 Å². The minimum Gasteiger partial charge on any atom is -0.425 e. The van der Waals surface area contributed by atoms with Crippen molar-refractivity contribution in [3.8, 4) is 0 Å². The maximum absolute atomic E-state index is 13.2. The summed E-state index contributed by atoms with van der Waals surface area (Å²) in [5.74, 6) is -1.41. The number of aromatic nitrogens is 3. The second kappa shape index (κ2) is 7.42. The summed E-state index contributed by atoms with van der Waals surface area (Å²) < 4.78 is 52.9. The van der Waals surface area contributed by atoms with Crippen LogP contribution in [0.1, 0.15) is 15.9 Å².